The number of aryl methyl sites for hydroxylation is 1. The van der Waals surface area contributed by atoms with Gasteiger partial charge in [0.05, 0.1) is 23.8 Å². The molecule has 7 heteroatoms. The second-order valence-electron chi connectivity index (χ2n) is 6.63. The minimum Gasteiger partial charge on any atom is -0.490 e. The smallest absolute Gasteiger partial charge is 0.341 e. The van der Waals surface area contributed by atoms with Crippen LogP contribution in [-0.4, -0.2) is 32.0 Å². The maximum atomic E-state index is 12.6. The number of halogens is 1. The van der Waals surface area contributed by atoms with E-state index in [4.69, 9.17) is 32.2 Å². The maximum Gasteiger partial charge on any atom is 0.341 e. The van der Waals surface area contributed by atoms with Crippen LogP contribution >= 0.6 is 22.9 Å². The number of fused-ring (bicyclic) bond motifs is 1. The molecule has 0 atom stereocenters. The Morgan fingerprint density at radius 2 is 2.07 bits per heavy atom. The number of hydrogen-bond acceptors (Lipinski definition) is 6. The Morgan fingerprint density at radius 1 is 1.27 bits per heavy atom. The van der Waals surface area contributed by atoms with Gasteiger partial charge in [-0.15, -0.1) is 17.8 Å². The van der Waals surface area contributed by atoms with Gasteiger partial charge in [0, 0.05) is 11.1 Å². The minimum atomic E-state index is -0.310. The largest absolute Gasteiger partial charge is 0.490 e. The van der Waals surface area contributed by atoms with Gasteiger partial charge in [0.1, 0.15) is 11.6 Å². The normalized spacial score (nSPS) is 13.0. The SMILES string of the molecule is C#CCOc1c(Cl)cc(C=Nc2sc3c(c2C(=O)OCC)CCCC3)cc1OCC. The number of hydrogen-bond donors (Lipinski definition) is 0. The van der Waals surface area contributed by atoms with Gasteiger partial charge in [-0.1, -0.05) is 17.5 Å². The van der Waals surface area contributed by atoms with Crippen LogP contribution in [-0.2, 0) is 17.6 Å². The van der Waals surface area contributed by atoms with E-state index < -0.39 is 0 Å². The molecule has 2 aromatic rings. The van der Waals surface area contributed by atoms with Crippen LogP contribution < -0.4 is 9.47 Å². The number of esters is 1. The molecule has 0 spiro atoms. The molecule has 30 heavy (non-hydrogen) atoms. The first kappa shape index (κ1) is 22.2. The molecule has 1 aliphatic rings. The van der Waals surface area contributed by atoms with Gasteiger partial charge in [-0.25, -0.2) is 9.79 Å². The van der Waals surface area contributed by atoms with E-state index in [9.17, 15) is 4.79 Å². The molecule has 0 aliphatic heterocycles. The fourth-order valence-corrected chi connectivity index (χ4v) is 4.86. The van der Waals surface area contributed by atoms with E-state index in [1.807, 2.05) is 6.92 Å². The van der Waals surface area contributed by atoms with E-state index in [2.05, 4.69) is 10.9 Å². The Hall–Kier alpha value is -2.49. The predicted octanol–water partition coefficient (Wildman–Crippen LogP) is 5.62. The lowest BCUT2D eigenvalue weighted by atomic mass is 9.95. The van der Waals surface area contributed by atoms with Crippen LogP contribution in [0.5, 0.6) is 11.5 Å². The van der Waals surface area contributed by atoms with Crippen molar-refractivity contribution in [3.8, 4) is 23.8 Å². The number of aliphatic imine (C=N–C) groups is 1. The summed E-state index contributed by atoms with van der Waals surface area (Å²) in [6.45, 7) is 4.56. The minimum absolute atomic E-state index is 0.0941. The molecule has 0 amide bonds. The average Bonchev–Trinajstić information content (AvgIpc) is 3.10. The molecule has 0 unspecified atom stereocenters. The first-order valence-electron chi connectivity index (χ1n) is 9.97. The molecule has 0 saturated heterocycles. The molecule has 1 aliphatic carbocycles. The molecule has 1 heterocycles. The summed E-state index contributed by atoms with van der Waals surface area (Å²) in [5, 5.41) is 1.05. The van der Waals surface area contributed by atoms with Crippen molar-refractivity contribution < 1.29 is 19.0 Å². The summed E-state index contributed by atoms with van der Waals surface area (Å²) in [6.07, 6.45) is 11.0. The monoisotopic (exact) mass is 445 g/mol. The summed E-state index contributed by atoms with van der Waals surface area (Å²) in [5.41, 5.74) is 2.42. The molecule has 0 bridgehead atoms. The topological polar surface area (TPSA) is 57.1 Å². The Labute approximate surface area is 186 Å². The van der Waals surface area contributed by atoms with E-state index in [1.54, 1.807) is 36.6 Å². The number of benzene rings is 1. The van der Waals surface area contributed by atoms with Gasteiger partial charge < -0.3 is 14.2 Å². The number of terminal acetylenes is 1. The van der Waals surface area contributed by atoms with Crippen LogP contribution in [0.2, 0.25) is 5.02 Å². The number of thiophene rings is 1. The van der Waals surface area contributed by atoms with Gasteiger partial charge in [0.15, 0.2) is 11.5 Å². The van der Waals surface area contributed by atoms with Gasteiger partial charge in [-0.2, -0.15) is 0 Å². The number of carbonyl (C=O) groups excluding carboxylic acids is 1. The third-order valence-corrected chi connectivity index (χ3v) is 6.08. The van der Waals surface area contributed by atoms with Gasteiger partial charge in [0.25, 0.3) is 0 Å². The van der Waals surface area contributed by atoms with Crippen molar-refractivity contribution >= 4 is 40.1 Å². The van der Waals surface area contributed by atoms with Crippen LogP contribution in [0, 0.1) is 12.3 Å². The van der Waals surface area contributed by atoms with Crippen molar-refractivity contribution in [1.29, 1.82) is 0 Å². The molecule has 5 nitrogen and oxygen atoms in total. The standard InChI is InChI=1S/C23H24ClNO4S/c1-4-11-29-21-17(24)12-15(13-18(21)27-5-2)14-25-22-20(23(26)28-6-3)16-9-7-8-10-19(16)30-22/h1,12-14H,5-11H2,2-3H3. The fourth-order valence-electron chi connectivity index (χ4n) is 3.37. The summed E-state index contributed by atoms with van der Waals surface area (Å²) in [6, 6.07) is 3.53. The average molecular weight is 446 g/mol. The van der Waals surface area contributed by atoms with Crippen molar-refractivity contribution in [2.24, 2.45) is 4.99 Å². The molecule has 0 saturated carbocycles. The zero-order valence-electron chi connectivity index (χ0n) is 17.1. The molecule has 0 radical (unpaired) electrons. The third kappa shape index (κ3) is 4.97. The lowest BCUT2D eigenvalue weighted by molar-refractivity contribution is 0.0526. The highest BCUT2D eigenvalue weighted by molar-refractivity contribution is 7.16. The molecule has 1 aromatic carbocycles. The molecule has 1 aromatic heterocycles. The summed E-state index contributed by atoms with van der Waals surface area (Å²) < 4.78 is 16.5. The van der Waals surface area contributed by atoms with Crippen molar-refractivity contribution in [1.82, 2.24) is 0 Å². The lowest BCUT2D eigenvalue weighted by Gasteiger charge is -2.13. The number of carbonyl (C=O) groups is 1. The van der Waals surface area contributed by atoms with Crippen molar-refractivity contribution in [2.45, 2.75) is 39.5 Å². The summed E-state index contributed by atoms with van der Waals surface area (Å²) in [4.78, 5) is 18.4. The summed E-state index contributed by atoms with van der Waals surface area (Å²) in [5.74, 6) is 3.02. The second kappa shape index (κ2) is 10.5. The van der Waals surface area contributed by atoms with Crippen LogP contribution in [0.15, 0.2) is 17.1 Å². The molecular weight excluding hydrogens is 422 g/mol. The van der Waals surface area contributed by atoms with E-state index >= 15 is 0 Å². The highest BCUT2D eigenvalue weighted by Crippen LogP contribution is 2.41. The number of rotatable bonds is 8. The van der Waals surface area contributed by atoms with E-state index in [-0.39, 0.29) is 12.6 Å². The quantitative estimate of drug-likeness (QED) is 0.300. The second-order valence-corrected chi connectivity index (χ2v) is 8.12. The number of nitrogens with zero attached hydrogens (tertiary/aromatic N) is 1. The van der Waals surface area contributed by atoms with Crippen LogP contribution in [0.1, 0.15) is 53.1 Å². The zero-order chi connectivity index (χ0) is 21.5. The van der Waals surface area contributed by atoms with Crippen LogP contribution in [0.25, 0.3) is 0 Å². The highest BCUT2D eigenvalue weighted by atomic mass is 35.5. The first-order valence-corrected chi connectivity index (χ1v) is 11.2. The van der Waals surface area contributed by atoms with Crippen molar-refractivity contribution in [3.05, 3.63) is 38.7 Å². The van der Waals surface area contributed by atoms with E-state index in [0.29, 0.717) is 40.3 Å². The van der Waals surface area contributed by atoms with Gasteiger partial charge in [0.2, 0.25) is 0 Å². The summed E-state index contributed by atoms with van der Waals surface area (Å²) in [7, 11) is 0. The molecule has 0 fully saturated rings. The predicted molar refractivity (Wildman–Crippen MR) is 121 cm³/mol. The Balaban J connectivity index is 1.96. The molecule has 158 valence electrons. The molecule has 0 N–H and O–H groups in total. The van der Waals surface area contributed by atoms with Gasteiger partial charge in [-0.3, -0.25) is 0 Å². The fraction of sp³-hybridized carbons (Fsp3) is 0.391. The highest BCUT2D eigenvalue weighted by Gasteiger charge is 2.26. The van der Waals surface area contributed by atoms with Crippen LogP contribution in [0.4, 0.5) is 5.00 Å². The van der Waals surface area contributed by atoms with E-state index in [1.165, 1.54) is 4.88 Å². The number of ether oxygens (including phenoxy) is 3. The van der Waals surface area contributed by atoms with Gasteiger partial charge in [-0.05, 0) is 62.8 Å². The van der Waals surface area contributed by atoms with E-state index in [0.717, 1.165) is 36.8 Å². The first-order chi connectivity index (χ1) is 14.6. The van der Waals surface area contributed by atoms with Crippen molar-refractivity contribution in [2.75, 3.05) is 19.8 Å². The Bertz CT molecular complexity index is 990. The molecule has 3 rings (SSSR count). The summed E-state index contributed by atoms with van der Waals surface area (Å²) >= 11 is 7.94. The van der Waals surface area contributed by atoms with Crippen LogP contribution in [0.3, 0.4) is 0 Å². The zero-order valence-corrected chi connectivity index (χ0v) is 18.7. The third-order valence-electron chi connectivity index (χ3n) is 4.59. The van der Waals surface area contributed by atoms with Gasteiger partial charge >= 0.3 is 5.97 Å². The maximum absolute atomic E-state index is 12.6. The lowest BCUT2D eigenvalue weighted by Crippen LogP contribution is -2.09. The van der Waals surface area contributed by atoms with Crippen molar-refractivity contribution in [3.63, 3.8) is 0 Å². The Morgan fingerprint density at radius 3 is 2.80 bits per heavy atom. The Kier molecular flexibility index (Phi) is 7.78. The molecular formula is C23H24ClNO4S.